The zero-order valence-corrected chi connectivity index (χ0v) is 20.7. The fourth-order valence-electron chi connectivity index (χ4n) is 4.51. The van der Waals surface area contributed by atoms with Crippen molar-refractivity contribution in [3.63, 3.8) is 0 Å². The maximum Gasteiger partial charge on any atom is 0.249 e. The van der Waals surface area contributed by atoms with Gasteiger partial charge in [-0.05, 0) is 55.3 Å². The Kier molecular flexibility index (Phi) is 6.20. The van der Waals surface area contributed by atoms with E-state index in [4.69, 9.17) is 0 Å². The Morgan fingerprint density at radius 1 is 0.892 bits per heavy atom. The highest BCUT2D eigenvalue weighted by atomic mass is 16.2. The van der Waals surface area contributed by atoms with Crippen LogP contribution in [0.2, 0.25) is 0 Å². The lowest BCUT2D eigenvalue weighted by atomic mass is 10.1. The van der Waals surface area contributed by atoms with Crippen molar-refractivity contribution in [2.24, 2.45) is 5.92 Å². The summed E-state index contributed by atoms with van der Waals surface area (Å²) in [5, 5.41) is 7.39. The van der Waals surface area contributed by atoms with Gasteiger partial charge in [-0.2, -0.15) is 4.98 Å². The summed E-state index contributed by atoms with van der Waals surface area (Å²) < 4.78 is 1.79. The topological polar surface area (TPSA) is 75.4 Å². The number of rotatable bonds is 8. The van der Waals surface area contributed by atoms with E-state index in [0.717, 1.165) is 48.4 Å². The molecule has 2 aromatic carbocycles. The average molecular weight is 489 g/mol. The standard InChI is InChI=1S/C30H28N6O/c1-35(19-21-8-12-23(13-9-21)26-5-2-3-18-31-26)20-22-10-14-24(15-11-22)27-6-4-7-28-32-30(34-36(27)28)33-29(37)25-16-17-25/h2-15,18,25H,16-17,19-20H2,1H3,(H,33,34,37). The van der Waals surface area contributed by atoms with Crippen molar-refractivity contribution < 1.29 is 4.79 Å². The van der Waals surface area contributed by atoms with Gasteiger partial charge in [-0.15, -0.1) is 5.10 Å². The first-order valence-electron chi connectivity index (χ1n) is 12.6. The molecule has 0 saturated heterocycles. The summed E-state index contributed by atoms with van der Waals surface area (Å²) in [6.45, 7) is 1.70. The molecule has 3 heterocycles. The van der Waals surface area contributed by atoms with Gasteiger partial charge in [0.05, 0.1) is 11.4 Å². The molecule has 1 amide bonds. The van der Waals surface area contributed by atoms with Gasteiger partial charge in [-0.3, -0.25) is 20.0 Å². The highest BCUT2D eigenvalue weighted by Gasteiger charge is 2.30. The lowest BCUT2D eigenvalue weighted by Crippen LogP contribution is -2.17. The van der Waals surface area contributed by atoms with E-state index in [1.54, 1.807) is 4.52 Å². The third kappa shape index (κ3) is 5.27. The van der Waals surface area contributed by atoms with Crippen molar-refractivity contribution in [3.8, 4) is 22.5 Å². The molecule has 5 aromatic rings. The zero-order valence-electron chi connectivity index (χ0n) is 20.7. The van der Waals surface area contributed by atoms with Crippen LogP contribution in [0, 0.1) is 5.92 Å². The number of hydrogen-bond donors (Lipinski definition) is 1. The van der Waals surface area contributed by atoms with Crippen molar-refractivity contribution >= 4 is 17.5 Å². The molecule has 0 radical (unpaired) electrons. The van der Waals surface area contributed by atoms with Crippen LogP contribution < -0.4 is 5.32 Å². The van der Waals surface area contributed by atoms with Gasteiger partial charge in [-0.25, -0.2) is 4.52 Å². The summed E-state index contributed by atoms with van der Waals surface area (Å²) in [4.78, 5) is 23.3. The maximum absolute atomic E-state index is 12.1. The third-order valence-electron chi connectivity index (χ3n) is 6.61. The molecule has 0 bridgehead atoms. The number of nitrogens with one attached hydrogen (secondary N) is 1. The van der Waals surface area contributed by atoms with Gasteiger partial charge in [0.1, 0.15) is 0 Å². The summed E-state index contributed by atoms with van der Waals surface area (Å²) in [7, 11) is 2.13. The number of pyridine rings is 2. The second kappa shape index (κ2) is 9.95. The quantitative estimate of drug-likeness (QED) is 0.315. The molecule has 0 unspecified atom stereocenters. The Bertz CT molecular complexity index is 1520. The van der Waals surface area contributed by atoms with E-state index in [1.165, 1.54) is 11.1 Å². The van der Waals surface area contributed by atoms with Crippen LogP contribution in [0.25, 0.3) is 28.2 Å². The van der Waals surface area contributed by atoms with Crippen LogP contribution in [0.15, 0.2) is 91.1 Å². The smallest absolute Gasteiger partial charge is 0.249 e. The third-order valence-corrected chi connectivity index (χ3v) is 6.61. The summed E-state index contributed by atoms with van der Waals surface area (Å²) in [6.07, 6.45) is 3.72. The van der Waals surface area contributed by atoms with Crippen molar-refractivity contribution in [1.29, 1.82) is 0 Å². The molecule has 1 fully saturated rings. The number of nitrogens with zero attached hydrogens (tertiary/aromatic N) is 5. The fourth-order valence-corrected chi connectivity index (χ4v) is 4.51. The Morgan fingerprint density at radius 2 is 1.59 bits per heavy atom. The van der Waals surface area contributed by atoms with E-state index in [0.29, 0.717) is 11.6 Å². The Hall–Kier alpha value is -4.36. The molecule has 3 aromatic heterocycles. The predicted molar refractivity (Wildman–Crippen MR) is 145 cm³/mol. The van der Waals surface area contributed by atoms with Crippen LogP contribution in [0.4, 0.5) is 5.95 Å². The molecular weight excluding hydrogens is 460 g/mol. The number of aromatic nitrogens is 4. The summed E-state index contributed by atoms with van der Waals surface area (Å²) in [5.74, 6) is 0.480. The molecule has 1 aliphatic rings. The lowest BCUT2D eigenvalue weighted by Gasteiger charge is -2.17. The molecule has 0 atom stereocenters. The lowest BCUT2D eigenvalue weighted by molar-refractivity contribution is -0.117. The Labute approximate surface area is 215 Å². The number of amides is 1. The predicted octanol–water partition coefficient (Wildman–Crippen LogP) is 5.44. The van der Waals surface area contributed by atoms with E-state index in [2.05, 4.69) is 80.9 Å². The Balaban J connectivity index is 1.12. The molecule has 0 spiro atoms. The normalized spacial score (nSPS) is 13.2. The largest absolute Gasteiger partial charge is 0.298 e. The minimum Gasteiger partial charge on any atom is -0.298 e. The number of carbonyl (C=O) groups is 1. The van der Waals surface area contributed by atoms with Crippen LogP contribution in [0.5, 0.6) is 0 Å². The number of benzene rings is 2. The van der Waals surface area contributed by atoms with Gasteiger partial charge in [0.2, 0.25) is 11.9 Å². The number of anilines is 1. The van der Waals surface area contributed by atoms with Gasteiger partial charge >= 0.3 is 0 Å². The van der Waals surface area contributed by atoms with Gasteiger partial charge in [0.15, 0.2) is 5.65 Å². The van der Waals surface area contributed by atoms with Gasteiger partial charge < -0.3 is 0 Å². The molecule has 184 valence electrons. The molecule has 0 aliphatic heterocycles. The van der Waals surface area contributed by atoms with Crippen molar-refractivity contribution in [2.45, 2.75) is 25.9 Å². The number of fused-ring (bicyclic) bond motifs is 1. The first kappa shape index (κ1) is 23.1. The van der Waals surface area contributed by atoms with Crippen molar-refractivity contribution in [3.05, 3.63) is 102 Å². The molecule has 7 nitrogen and oxygen atoms in total. The molecule has 6 rings (SSSR count). The van der Waals surface area contributed by atoms with Gasteiger partial charge in [0.25, 0.3) is 0 Å². The maximum atomic E-state index is 12.1. The van der Waals surface area contributed by atoms with Gasteiger partial charge in [0, 0.05) is 36.3 Å². The van der Waals surface area contributed by atoms with E-state index in [1.807, 2.05) is 42.6 Å². The van der Waals surface area contributed by atoms with Crippen molar-refractivity contribution in [2.75, 3.05) is 12.4 Å². The van der Waals surface area contributed by atoms with Crippen LogP contribution in [-0.2, 0) is 17.9 Å². The Morgan fingerprint density at radius 3 is 2.24 bits per heavy atom. The summed E-state index contributed by atoms with van der Waals surface area (Å²) in [5.41, 5.74) is 7.31. The minimum absolute atomic E-state index is 0.00933. The molecule has 1 aliphatic carbocycles. The van der Waals surface area contributed by atoms with Gasteiger partial charge in [-0.1, -0.05) is 60.7 Å². The molecular formula is C30H28N6O. The van der Waals surface area contributed by atoms with Crippen LogP contribution in [-0.4, -0.2) is 37.4 Å². The van der Waals surface area contributed by atoms with Crippen molar-refractivity contribution in [1.82, 2.24) is 24.5 Å². The highest BCUT2D eigenvalue weighted by Crippen LogP contribution is 2.30. The monoisotopic (exact) mass is 488 g/mol. The van der Waals surface area contributed by atoms with E-state index in [-0.39, 0.29) is 11.8 Å². The first-order chi connectivity index (χ1) is 18.1. The second-order valence-electron chi connectivity index (χ2n) is 9.66. The summed E-state index contributed by atoms with van der Waals surface area (Å²) >= 11 is 0. The molecule has 7 heteroatoms. The molecule has 1 saturated carbocycles. The van der Waals surface area contributed by atoms with E-state index in [9.17, 15) is 4.79 Å². The first-order valence-corrected chi connectivity index (χ1v) is 12.6. The molecule has 37 heavy (non-hydrogen) atoms. The SMILES string of the molecule is CN(Cc1ccc(-c2ccccn2)cc1)Cc1ccc(-c2cccc3nc(NC(=O)C4CC4)nn23)cc1. The van der Waals surface area contributed by atoms with E-state index >= 15 is 0 Å². The van der Waals surface area contributed by atoms with Crippen LogP contribution >= 0.6 is 0 Å². The number of hydrogen-bond acceptors (Lipinski definition) is 5. The zero-order chi connectivity index (χ0) is 25.2. The highest BCUT2D eigenvalue weighted by molar-refractivity contribution is 5.92. The number of carbonyl (C=O) groups excluding carboxylic acids is 1. The molecule has 1 N–H and O–H groups in total. The van der Waals surface area contributed by atoms with E-state index < -0.39 is 0 Å². The van der Waals surface area contributed by atoms with Crippen LogP contribution in [0.1, 0.15) is 24.0 Å². The minimum atomic E-state index is 0.00933. The average Bonchev–Trinajstić information content (AvgIpc) is 3.70. The second-order valence-corrected chi connectivity index (χ2v) is 9.66. The summed E-state index contributed by atoms with van der Waals surface area (Å²) in [6, 6.07) is 29.0. The van der Waals surface area contributed by atoms with Crippen LogP contribution in [0.3, 0.4) is 0 Å². The fraction of sp³-hybridized carbons (Fsp3) is 0.200.